The summed E-state index contributed by atoms with van der Waals surface area (Å²) in [6.07, 6.45) is 9.28. The molecule has 3 rings (SSSR count). The summed E-state index contributed by atoms with van der Waals surface area (Å²) < 4.78 is 5.77. The third-order valence-corrected chi connectivity index (χ3v) is 4.84. The smallest absolute Gasteiger partial charge is 0.0576 e. The van der Waals surface area contributed by atoms with E-state index in [0.29, 0.717) is 12.0 Å². The molecule has 1 saturated heterocycles. The molecule has 0 aromatic heterocycles. The molecule has 1 aliphatic heterocycles. The van der Waals surface area contributed by atoms with E-state index in [9.17, 15) is 0 Å². The highest BCUT2D eigenvalue weighted by molar-refractivity contribution is 6.30. The second kappa shape index (κ2) is 7.62. The zero-order chi connectivity index (χ0) is 14.5. The highest BCUT2D eigenvalue weighted by Crippen LogP contribution is 2.24. The summed E-state index contributed by atoms with van der Waals surface area (Å²) in [5.74, 6) is 0.688. The molecule has 2 fully saturated rings. The Balaban J connectivity index is 1.51. The highest BCUT2D eigenvalue weighted by Gasteiger charge is 2.23. The van der Waals surface area contributed by atoms with Crippen molar-refractivity contribution in [1.82, 2.24) is 5.32 Å². The van der Waals surface area contributed by atoms with Crippen LogP contribution in [0.1, 0.15) is 44.1 Å². The minimum absolute atomic E-state index is 0.507. The first-order valence-electron chi connectivity index (χ1n) is 8.39. The maximum absolute atomic E-state index is 6.11. The van der Waals surface area contributed by atoms with Gasteiger partial charge in [0.05, 0.1) is 6.10 Å². The van der Waals surface area contributed by atoms with Crippen molar-refractivity contribution in [1.29, 1.82) is 0 Å². The van der Waals surface area contributed by atoms with Crippen molar-refractivity contribution in [3.05, 3.63) is 34.9 Å². The summed E-state index contributed by atoms with van der Waals surface area (Å²) in [6, 6.07) is 9.10. The van der Waals surface area contributed by atoms with Crippen LogP contribution in [0.25, 0.3) is 0 Å². The van der Waals surface area contributed by atoms with Crippen LogP contribution in [-0.4, -0.2) is 25.3 Å². The van der Waals surface area contributed by atoms with E-state index in [4.69, 9.17) is 16.3 Å². The Morgan fingerprint density at radius 1 is 1.29 bits per heavy atom. The SMILES string of the molecule is Clc1cccc(CC(CCC2CCCO2)CNC2CC2)c1. The largest absolute Gasteiger partial charge is 0.378 e. The van der Waals surface area contributed by atoms with Crippen molar-refractivity contribution in [3.8, 4) is 0 Å². The number of halogens is 1. The maximum Gasteiger partial charge on any atom is 0.0576 e. The van der Waals surface area contributed by atoms with E-state index >= 15 is 0 Å². The average Bonchev–Trinajstić information content (AvgIpc) is 3.16. The fourth-order valence-corrected chi connectivity index (χ4v) is 3.40. The highest BCUT2D eigenvalue weighted by atomic mass is 35.5. The van der Waals surface area contributed by atoms with Crippen LogP contribution in [0.4, 0.5) is 0 Å². The third kappa shape index (κ3) is 5.28. The summed E-state index contributed by atoms with van der Waals surface area (Å²) >= 11 is 6.11. The number of rotatable bonds is 8. The molecular weight excluding hydrogens is 282 g/mol. The number of ether oxygens (including phenoxy) is 1. The molecule has 2 aliphatic rings. The van der Waals surface area contributed by atoms with Gasteiger partial charge in [-0.3, -0.25) is 0 Å². The Labute approximate surface area is 133 Å². The van der Waals surface area contributed by atoms with Gasteiger partial charge in [-0.15, -0.1) is 0 Å². The molecule has 1 aromatic rings. The van der Waals surface area contributed by atoms with Gasteiger partial charge >= 0.3 is 0 Å². The van der Waals surface area contributed by atoms with E-state index in [2.05, 4.69) is 23.5 Å². The zero-order valence-corrected chi connectivity index (χ0v) is 13.4. The van der Waals surface area contributed by atoms with Gasteiger partial charge in [0.15, 0.2) is 0 Å². The van der Waals surface area contributed by atoms with Gasteiger partial charge in [-0.05, 0) is 75.1 Å². The van der Waals surface area contributed by atoms with Gasteiger partial charge in [0, 0.05) is 17.7 Å². The summed E-state index contributed by atoms with van der Waals surface area (Å²) in [4.78, 5) is 0. The Bertz CT molecular complexity index is 441. The van der Waals surface area contributed by atoms with E-state index in [0.717, 1.165) is 30.6 Å². The van der Waals surface area contributed by atoms with Crippen molar-refractivity contribution >= 4 is 11.6 Å². The lowest BCUT2D eigenvalue weighted by atomic mass is 9.93. The van der Waals surface area contributed by atoms with Crippen LogP contribution in [0, 0.1) is 5.92 Å². The van der Waals surface area contributed by atoms with Crippen molar-refractivity contribution in [2.75, 3.05) is 13.2 Å². The molecule has 0 spiro atoms. The lowest BCUT2D eigenvalue weighted by Gasteiger charge is -2.20. The second-order valence-electron chi connectivity index (χ2n) is 6.59. The van der Waals surface area contributed by atoms with Crippen molar-refractivity contribution in [3.63, 3.8) is 0 Å². The van der Waals surface area contributed by atoms with Gasteiger partial charge in [-0.1, -0.05) is 23.7 Å². The van der Waals surface area contributed by atoms with Crippen molar-refractivity contribution in [2.24, 2.45) is 5.92 Å². The first-order valence-corrected chi connectivity index (χ1v) is 8.77. The van der Waals surface area contributed by atoms with Gasteiger partial charge in [-0.25, -0.2) is 0 Å². The molecule has 2 nitrogen and oxygen atoms in total. The quantitative estimate of drug-likeness (QED) is 0.777. The summed E-state index contributed by atoms with van der Waals surface area (Å²) in [5, 5.41) is 4.54. The first kappa shape index (κ1) is 15.3. The Hall–Kier alpha value is -0.570. The van der Waals surface area contributed by atoms with Crippen LogP contribution in [0.3, 0.4) is 0 Å². The van der Waals surface area contributed by atoms with Gasteiger partial charge in [-0.2, -0.15) is 0 Å². The van der Waals surface area contributed by atoms with Gasteiger partial charge < -0.3 is 10.1 Å². The Morgan fingerprint density at radius 3 is 2.90 bits per heavy atom. The lowest BCUT2D eigenvalue weighted by Crippen LogP contribution is -2.27. The van der Waals surface area contributed by atoms with E-state index in [-0.39, 0.29) is 0 Å². The molecule has 1 saturated carbocycles. The molecule has 2 atom stereocenters. The Kier molecular flexibility index (Phi) is 5.56. The predicted molar refractivity (Wildman–Crippen MR) is 87.9 cm³/mol. The molecule has 2 unspecified atom stereocenters. The molecular formula is C18H26ClNO. The summed E-state index contributed by atoms with van der Waals surface area (Å²) in [5.41, 5.74) is 1.36. The maximum atomic E-state index is 6.11. The minimum Gasteiger partial charge on any atom is -0.378 e. The number of nitrogens with one attached hydrogen (secondary N) is 1. The number of hydrogen-bond acceptors (Lipinski definition) is 2. The molecule has 0 bridgehead atoms. The van der Waals surface area contributed by atoms with E-state index in [1.165, 1.54) is 44.1 Å². The fourth-order valence-electron chi connectivity index (χ4n) is 3.19. The predicted octanol–water partition coefficient (Wildman–Crippen LogP) is 4.21. The van der Waals surface area contributed by atoms with Crippen LogP contribution in [0.2, 0.25) is 5.02 Å². The normalized spacial score (nSPS) is 23.4. The zero-order valence-electron chi connectivity index (χ0n) is 12.7. The number of hydrogen-bond donors (Lipinski definition) is 1. The lowest BCUT2D eigenvalue weighted by molar-refractivity contribution is 0.0979. The van der Waals surface area contributed by atoms with Crippen LogP contribution in [0.15, 0.2) is 24.3 Å². The van der Waals surface area contributed by atoms with Crippen molar-refractivity contribution in [2.45, 2.75) is 57.1 Å². The molecule has 1 N–H and O–H groups in total. The van der Waals surface area contributed by atoms with Gasteiger partial charge in [0.1, 0.15) is 0 Å². The molecule has 3 heteroatoms. The first-order chi connectivity index (χ1) is 10.3. The van der Waals surface area contributed by atoms with Crippen LogP contribution in [0.5, 0.6) is 0 Å². The van der Waals surface area contributed by atoms with Crippen LogP contribution >= 0.6 is 11.6 Å². The summed E-state index contributed by atoms with van der Waals surface area (Å²) in [6.45, 7) is 2.09. The molecule has 1 heterocycles. The third-order valence-electron chi connectivity index (χ3n) is 4.61. The van der Waals surface area contributed by atoms with Crippen LogP contribution in [-0.2, 0) is 11.2 Å². The standard InChI is InChI=1S/C18H26ClNO/c19-16-4-1-3-14(12-16)11-15(13-20-17-7-8-17)6-9-18-5-2-10-21-18/h1,3-4,12,15,17-18,20H,2,5-11,13H2. The van der Waals surface area contributed by atoms with E-state index in [1.807, 2.05) is 6.07 Å². The molecule has 1 aromatic carbocycles. The van der Waals surface area contributed by atoms with E-state index in [1.54, 1.807) is 0 Å². The molecule has 1 aliphatic carbocycles. The van der Waals surface area contributed by atoms with Crippen molar-refractivity contribution < 1.29 is 4.74 Å². The van der Waals surface area contributed by atoms with E-state index < -0.39 is 0 Å². The average molecular weight is 308 g/mol. The van der Waals surface area contributed by atoms with Gasteiger partial charge in [0.2, 0.25) is 0 Å². The monoisotopic (exact) mass is 307 g/mol. The number of benzene rings is 1. The topological polar surface area (TPSA) is 21.3 Å². The van der Waals surface area contributed by atoms with Crippen LogP contribution < -0.4 is 5.32 Å². The summed E-state index contributed by atoms with van der Waals surface area (Å²) in [7, 11) is 0. The fraction of sp³-hybridized carbons (Fsp3) is 0.667. The molecule has 116 valence electrons. The van der Waals surface area contributed by atoms with Gasteiger partial charge in [0.25, 0.3) is 0 Å². The second-order valence-corrected chi connectivity index (χ2v) is 7.03. The molecule has 21 heavy (non-hydrogen) atoms. The minimum atomic E-state index is 0.507. The molecule has 0 amide bonds. The Morgan fingerprint density at radius 2 is 2.19 bits per heavy atom. The molecule has 0 radical (unpaired) electrons.